The van der Waals surface area contributed by atoms with Gasteiger partial charge in [0, 0.05) is 32.4 Å². The highest BCUT2D eigenvalue weighted by molar-refractivity contribution is 5.89. The summed E-state index contributed by atoms with van der Waals surface area (Å²) in [4.78, 5) is 14.7. The van der Waals surface area contributed by atoms with E-state index < -0.39 is 0 Å². The number of anilines is 1. The zero-order valence-corrected chi connectivity index (χ0v) is 16.1. The van der Waals surface area contributed by atoms with Gasteiger partial charge in [-0.3, -0.25) is 4.68 Å². The fourth-order valence-electron chi connectivity index (χ4n) is 3.17. The summed E-state index contributed by atoms with van der Waals surface area (Å²) in [6.07, 6.45) is 6.46. The van der Waals surface area contributed by atoms with E-state index in [4.69, 9.17) is 9.47 Å². The molecular formula is C20H28N4O3. The van der Waals surface area contributed by atoms with Crippen molar-refractivity contribution in [3.8, 4) is 5.75 Å². The van der Waals surface area contributed by atoms with Crippen LogP contribution in [0, 0.1) is 0 Å². The number of nitrogens with one attached hydrogen (secondary N) is 1. The maximum atomic E-state index is 12.8. The van der Waals surface area contributed by atoms with Crippen LogP contribution in [0.15, 0.2) is 36.7 Å². The van der Waals surface area contributed by atoms with Crippen LogP contribution in [0.3, 0.4) is 0 Å². The number of urea groups is 1. The van der Waals surface area contributed by atoms with Gasteiger partial charge in [0.1, 0.15) is 5.75 Å². The Hall–Kier alpha value is -2.54. The first kappa shape index (κ1) is 19.2. The van der Waals surface area contributed by atoms with Crippen molar-refractivity contribution < 1.29 is 14.3 Å². The molecule has 1 aromatic heterocycles. The van der Waals surface area contributed by atoms with E-state index in [9.17, 15) is 4.79 Å². The van der Waals surface area contributed by atoms with Crippen molar-refractivity contribution >= 4 is 11.7 Å². The van der Waals surface area contributed by atoms with E-state index in [2.05, 4.69) is 10.4 Å². The van der Waals surface area contributed by atoms with Crippen LogP contribution in [0.5, 0.6) is 5.75 Å². The first-order valence-corrected chi connectivity index (χ1v) is 9.51. The second-order valence-corrected chi connectivity index (χ2v) is 6.69. The first-order valence-electron chi connectivity index (χ1n) is 9.51. The van der Waals surface area contributed by atoms with E-state index >= 15 is 0 Å². The number of carbonyl (C=O) groups is 1. The molecule has 1 atom stereocenters. The van der Waals surface area contributed by atoms with Crippen molar-refractivity contribution in [2.75, 3.05) is 32.1 Å². The summed E-state index contributed by atoms with van der Waals surface area (Å²) in [5, 5.41) is 7.16. The van der Waals surface area contributed by atoms with Crippen LogP contribution in [0.1, 0.15) is 25.3 Å². The van der Waals surface area contributed by atoms with E-state index in [1.54, 1.807) is 18.0 Å². The number of aromatic nitrogens is 2. The normalized spacial score (nSPS) is 16.3. The van der Waals surface area contributed by atoms with Crippen LogP contribution < -0.4 is 10.1 Å². The molecule has 0 spiro atoms. The van der Waals surface area contributed by atoms with Crippen molar-refractivity contribution in [2.45, 2.75) is 38.8 Å². The van der Waals surface area contributed by atoms with Crippen molar-refractivity contribution in [1.82, 2.24) is 14.7 Å². The summed E-state index contributed by atoms with van der Waals surface area (Å²) in [6.45, 7) is 4.79. The van der Waals surface area contributed by atoms with Gasteiger partial charge in [-0.2, -0.15) is 5.10 Å². The maximum Gasteiger partial charge on any atom is 0.322 e. The number of aryl methyl sites for hydroxylation is 1. The summed E-state index contributed by atoms with van der Waals surface area (Å²) >= 11 is 0. The highest BCUT2D eigenvalue weighted by Crippen LogP contribution is 2.16. The topological polar surface area (TPSA) is 68.6 Å². The fourth-order valence-corrected chi connectivity index (χ4v) is 3.17. The molecule has 1 N–H and O–H groups in total. The summed E-state index contributed by atoms with van der Waals surface area (Å²) in [5.74, 6) is 0.834. The zero-order valence-electron chi connectivity index (χ0n) is 16.1. The third-order valence-electron chi connectivity index (χ3n) is 4.77. The molecule has 7 heteroatoms. The molecule has 1 aromatic carbocycles. The smallest absolute Gasteiger partial charge is 0.322 e. The van der Waals surface area contributed by atoms with E-state index in [1.807, 2.05) is 42.3 Å². The quantitative estimate of drug-likeness (QED) is 0.773. The lowest BCUT2D eigenvalue weighted by molar-refractivity contribution is 0.0839. The molecule has 146 valence electrons. The highest BCUT2D eigenvalue weighted by Gasteiger charge is 2.23. The molecular weight excluding hydrogens is 344 g/mol. The third-order valence-corrected chi connectivity index (χ3v) is 4.77. The largest absolute Gasteiger partial charge is 0.497 e. The minimum atomic E-state index is -0.116. The Labute approximate surface area is 160 Å². The summed E-state index contributed by atoms with van der Waals surface area (Å²) < 4.78 is 12.7. The van der Waals surface area contributed by atoms with Crippen molar-refractivity contribution in [3.05, 3.63) is 42.2 Å². The van der Waals surface area contributed by atoms with Crippen molar-refractivity contribution in [1.29, 1.82) is 0 Å². The molecule has 3 rings (SSSR count). The molecule has 0 bridgehead atoms. The Morgan fingerprint density at radius 3 is 2.85 bits per heavy atom. The molecule has 1 saturated heterocycles. The van der Waals surface area contributed by atoms with Crippen molar-refractivity contribution in [3.63, 3.8) is 0 Å². The molecule has 0 aliphatic carbocycles. The summed E-state index contributed by atoms with van der Waals surface area (Å²) in [7, 11) is 1.66. The molecule has 27 heavy (non-hydrogen) atoms. The van der Waals surface area contributed by atoms with Gasteiger partial charge in [0.25, 0.3) is 0 Å². The average molecular weight is 372 g/mol. The Bertz CT molecular complexity index is 723. The van der Waals surface area contributed by atoms with Crippen LogP contribution in [0.4, 0.5) is 10.5 Å². The number of rotatable bonds is 8. The zero-order chi connectivity index (χ0) is 19.1. The van der Waals surface area contributed by atoms with Gasteiger partial charge in [-0.15, -0.1) is 0 Å². The molecule has 0 unspecified atom stereocenters. The number of benzene rings is 1. The highest BCUT2D eigenvalue weighted by atomic mass is 16.5. The standard InChI is InChI=1S/C20H28N4O3/c1-3-24-14-17(13-21-24)22-20(25)23(15-19-5-4-12-27-19)11-10-16-6-8-18(26-2)9-7-16/h6-9,13-14,19H,3-5,10-12,15H2,1-2H3,(H,22,25)/t19-/m1/s1. The van der Waals surface area contributed by atoms with Crippen LogP contribution in [-0.2, 0) is 17.7 Å². The van der Waals surface area contributed by atoms with E-state index in [-0.39, 0.29) is 12.1 Å². The molecule has 2 amide bonds. The Balaban J connectivity index is 1.62. The second kappa shape index (κ2) is 9.41. The lowest BCUT2D eigenvalue weighted by atomic mass is 10.1. The van der Waals surface area contributed by atoms with Gasteiger partial charge in [0.05, 0.1) is 25.1 Å². The minimum Gasteiger partial charge on any atom is -0.497 e. The van der Waals surface area contributed by atoms with E-state index in [0.717, 1.165) is 38.2 Å². The Kier molecular flexibility index (Phi) is 6.70. The average Bonchev–Trinajstić information content (AvgIpc) is 3.37. The van der Waals surface area contributed by atoms with Crippen LogP contribution >= 0.6 is 0 Å². The van der Waals surface area contributed by atoms with Crippen LogP contribution in [0.25, 0.3) is 0 Å². The van der Waals surface area contributed by atoms with Gasteiger partial charge >= 0.3 is 6.03 Å². The molecule has 1 fully saturated rings. The molecule has 0 saturated carbocycles. The number of nitrogens with zero attached hydrogens (tertiary/aromatic N) is 3. The molecule has 1 aliphatic heterocycles. The molecule has 2 heterocycles. The van der Waals surface area contributed by atoms with Crippen LogP contribution in [-0.4, -0.2) is 53.6 Å². The molecule has 0 radical (unpaired) electrons. The molecule has 7 nitrogen and oxygen atoms in total. The molecule has 2 aromatic rings. The van der Waals surface area contributed by atoms with Gasteiger partial charge in [-0.05, 0) is 43.9 Å². The van der Waals surface area contributed by atoms with Gasteiger partial charge in [-0.1, -0.05) is 12.1 Å². The van der Waals surface area contributed by atoms with Gasteiger partial charge in [0.2, 0.25) is 0 Å². The molecule has 1 aliphatic rings. The number of hydrogen-bond acceptors (Lipinski definition) is 4. The number of methoxy groups -OCH3 is 1. The predicted octanol–water partition coefficient (Wildman–Crippen LogP) is 3.17. The van der Waals surface area contributed by atoms with E-state index in [1.165, 1.54) is 5.56 Å². The Morgan fingerprint density at radius 2 is 2.22 bits per heavy atom. The lowest BCUT2D eigenvalue weighted by Gasteiger charge is -2.25. The minimum absolute atomic E-state index is 0.116. The predicted molar refractivity (Wildman–Crippen MR) is 104 cm³/mol. The van der Waals surface area contributed by atoms with Crippen molar-refractivity contribution in [2.24, 2.45) is 0 Å². The van der Waals surface area contributed by atoms with Gasteiger partial charge < -0.3 is 19.7 Å². The number of carbonyl (C=O) groups excluding carboxylic acids is 1. The summed E-state index contributed by atoms with van der Waals surface area (Å²) in [6, 6.07) is 7.84. The van der Waals surface area contributed by atoms with Crippen LogP contribution in [0.2, 0.25) is 0 Å². The van der Waals surface area contributed by atoms with Gasteiger partial charge in [-0.25, -0.2) is 4.79 Å². The number of ether oxygens (including phenoxy) is 2. The van der Waals surface area contributed by atoms with Gasteiger partial charge in [0.15, 0.2) is 0 Å². The SMILES string of the molecule is CCn1cc(NC(=O)N(CCc2ccc(OC)cc2)C[C@H]2CCCO2)cn1. The number of amides is 2. The van der Waals surface area contributed by atoms with E-state index in [0.29, 0.717) is 18.8 Å². The second-order valence-electron chi connectivity index (χ2n) is 6.69. The lowest BCUT2D eigenvalue weighted by Crippen LogP contribution is -2.41. The Morgan fingerprint density at radius 1 is 1.41 bits per heavy atom. The third kappa shape index (κ3) is 5.47. The summed E-state index contributed by atoms with van der Waals surface area (Å²) in [5.41, 5.74) is 1.88. The number of hydrogen-bond donors (Lipinski definition) is 1. The maximum absolute atomic E-state index is 12.8. The fraction of sp³-hybridized carbons (Fsp3) is 0.500. The monoisotopic (exact) mass is 372 g/mol. The first-order chi connectivity index (χ1) is 13.2.